The molecule has 2 heterocycles. The van der Waals surface area contributed by atoms with Crippen molar-refractivity contribution in [1.29, 1.82) is 0 Å². The Labute approximate surface area is 254 Å². The number of nitrogens with zero attached hydrogens (tertiary/aromatic N) is 3. The van der Waals surface area contributed by atoms with Crippen LogP contribution in [0.1, 0.15) is 36.8 Å². The summed E-state index contributed by atoms with van der Waals surface area (Å²) in [5.41, 5.74) is 2.96. The van der Waals surface area contributed by atoms with Crippen LogP contribution in [-0.2, 0) is 11.3 Å². The third-order valence-electron chi connectivity index (χ3n) is 6.34. The largest absolute Gasteiger partial charge is 0.486 e. The molecule has 0 radical (unpaired) electrons. The molecule has 1 aliphatic heterocycles. The monoisotopic (exact) mass is 586 g/mol. The SMILES string of the molecule is C=C(Nc1ccccc1NC(=O)c1ccc(CN(CCN(C)C)C(=C)Nc2ccc3c(c2)OCCO3)cn1)OC(C)(C)C. The lowest BCUT2D eigenvalue weighted by atomic mass is 10.2. The lowest BCUT2D eigenvalue weighted by Gasteiger charge is -2.29. The smallest absolute Gasteiger partial charge is 0.274 e. The number of aromatic nitrogens is 1. The maximum absolute atomic E-state index is 13.1. The Kier molecular flexibility index (Phi) is 10.2. The van der Waals surface area contributed by atoms with Gasteiger partial charge in [0.05, 0.1) is 17.2 Å². The van der Waals surface area contributed by atoms with Crippen molar-refractivity contribution >= 4 is 23.0 Å². The number of carbonyl (C=O) groups is 1. The standard InChI is InChI=1S/C33H42N6O4/c1-23(35-26-13-15-30-31(20-26)42-19-18-41-30)39(17-16-38(6)7)22-25-12-14-29(34-21-25)32(40)37-28-11-9-8-10-27(28)36-24(2)43-33(3,4)5/h8-15,20-21,35-36H,1-2,16-19,22H2,3-7H3,(H,37,40). The normalized spacial score (nSPS) is 12.3. The van der Waals surface area contributed by atoms with Gasteiger partial charge in [-0.15, -0.1) is 0 Å². The van der Waals surface area contributed by atoms with Gasteiger partial charge in [0.25, 0.3) is 5.91 Å². The zero-order chi connectivity index (χ0) is 31.0. The Bertz CT molecular complexity index is 1430. The summed E-state index contributed by atoms with van der Waals surface area (Å²) < 4.78 is 17.1. The first kappa shape index (κ1) is 31.2. The van der Waals surface area contributed by atoms with Crippen molar-refractivity contribution in [1.82, 2.24) is 14.8 Å². The molecule has 0 unspecified atom stereocenters. The molecule has 0 spiro atoms. The third-order valence-corrected chi connectivity index (χ3v) is 6.34. The van der Waals surface area contributed by atoms with Crippen molar-refractivity contribution in [2.24, 2.45) is 0 Å². The maximum Gasteiger partial charge on any atom is 0.274 e. The van der Waals surface area contributed by atoms with E-state index in [9.17, 15) is 4.79 Å². The van der Waals surface area contributed by atoms with E-state index in [0.717, 1.165) is 35.9 Å². The molecule has 4 rings (SSSR count). The Morgan fingerprint density at radius 3 is 2.28 bits per heavy atom. The topological polar surface area (TPSA) is 100 Å². The highest BCUT2D eigenvalue weighted by molar-refractivity contribution is 6.04. The summed E-state index contributed by atoms with van der Waals surface area (Å²) in [5.74, 6) is 2.25. The number of pyridine rings is 1. The lowest BCUT2D eigenvalue weighted by molar-refractivity contribution is 0.0565. The predicted octanol–water partition coefficient (Wildman–Crippen LogP) is 5.75. The first-order valence-electron chi connectivity index (χ1n) is 14.2. The molecule has 0 fully saturated rings. The van der Waals surface area contributed by atoms with Gasteiger partial charge in [0.15, 0.2) is 17.4 Å². The summed E-state index contributed by atoms with van der Waals surface area (Å²) in [6.45, 7) is 17.3. The van der Waals surface area contributed by atoms with Crippen LogP contribution in [-0.4, -0.2) is 66.7 Å². The van der Waals surface area contributed by atoms with E-state index in [1.165, 1.54) is 0 Å². The van der Waals surface area contributed by atoms with Gasteiger partial charge in [-0.05, 0) is 77.3 Å². The van der Waals surface area contributed by atoms with Crippen molar-refractivity contribution in [3.8, 4) is 11.5 Å². The first-order chi connectivity index (χ1) is 20.5. The molecule has 228 valence electrons. The van der Waals surface area contributed by atoms with Crippen LogP contribution >= 0.6 is 0 Å². The van der Waals surface area contributed by atoms with Gasteiger partial charge in [0.1, 0.15) is 24.5 Å². The number of benzene rings is 2. The quantitative estimate of drug-likeness (QED) is 0.216. The molecule has 3 aromatic rings. The fraction of sp³-hybridized carbons (Fsp3) is 0.333. The molecular formula is C33H42N6O4. The summed E-state index contributed by atoms with van der Waals surface area (Å²) >= 11 is 0. The van der Waals surface area contributed by atoms with Crippen molar-refractivity contribution in [3.63, 3.8) is 0 Å². The number of para-hydroxylation sites is 2. The minimum Gasteiger partial charge on any atom is -0.486 e. The highest BCUT2D eigenvalue weighted by Crippen LogP contribution is 2.33. The lowest BCUT2D eigenvalue weighted by Crippen LogP contribution is -2.33. The van der Waals surface area contributed by atoms with Crippen LogP contribution in [0.5, 0.6) is 11.5 Å². The molecule has 1 aromatic heterocycles. The molecule has 3 N–H and O–H groups in total. The predicted molar refractivity (Wildman–Crippen MR) is 171 cm³/mol. The van der Waals surface area contributed by atoms with E-state index in [1.807, 2.05) is 83.4 Å². The Morgan fingerprint density at radius 2 is 1.63 bits per heavy atom. The van der Waals surface area contributed by atoms with E-state index in [2.05, 4.69) is 43.9 Å². The van der Waals surface area contributed by atoms with Crippen LogP contribution in [0.15, 0.2) is 85.7 Å². The third kappa shape index (κ3) is 9.40. The average molecular weight is 587 g/mol. The summed E-state index contributed by atoms with van der Waals surface area (Å²) in [6, 6.07) is 16.8. The number of carbonyl (C=O) groups excluding carboxylic acids is 1. The molecule has 0 saturated heterocycles. The minimum atomic E-state index is -0.399. The molecular weight excluding hydrogens is 544 g/mol. The van der Waals surface area contributed by atoms with Gasteiger partial charge >= 0.3 is 0 Å². The number of ether oxygens (including phenoxy) is 3. The minimum absolute atomic E-state index is 0.302. The fourth-order valence-corrected chi connectivity index (χ4v) is 4.30. The van der Waals surface area contributed by atoms with Crippen molar-refractivity contribution in [2.45, 2.75) is 32.9 Å². The second kappa shape index (κ2) is 14.0. The first-order valence-corrected chi connectivity index (χ1v) is 14.2. The number of rotatable bonds is 13. The number of hydrogen-bond acceptors (Lipinski definition) is 9. The van der Waals surface area contributed by atoms with Crippen LogP contribution in [0.3, 0.4) is 0 Å². The van der Waals surface area contributed by atoms with Gasteiger partial charge in [-0.2, -0.15) is 0 Å². The van der Waals surface area contributed by atoms with Crippen LogP contribution in [0.2, 0.25) is 0 Å². The Balaban J connectivity index is 1.41. The summed E-state index contributed by atoms with van der Waals surface area (Å²) in [7, 11) is 4.07. The summed E-state index contributed by atoms with van der Waals surface area (Å²) in [6.07, 6.45) is 1.72. The zero-order valence-corrected chi connectivity index (χ0v) is 25.7. The number of amides is 1. The summed E-state index contributed by atoms with van der Waals surface area (Å²) in [4.78, 5) is 21.8. The Morgan fingerprint density at radius 1 is 0.930 bits per heavy atom. The second-order valence-corrected chi connectivity index (χ2v) is 11.5. The molecule has 0 saturated carbocycles. The van der Waals surface area contributed by atoms with E-state index in [-0.39, 0.29) is 5.91 Å². The van der Waals surface area contributed by atoms with Crippen molar-refractivity contribution < 1.29 is 19.0 Å². The van der Waals surface area contributed by atoms with Crippen LogP contribution in [0, 0.1) is 0 Å². The van der Waals surface area contributed by atoms with Crippen molar-refractivity contribution in [3.05, 3.63) is 96.9 Å². The number of likely N-dealkylation sites (N-methyl/N-ethyl adjacent to an activating group) is 1. The number of anilines is 3. The molecule has 1 aliphatic rings. The van der Waals surface area contributed by atoms with E-state index in [1.54, 1.807) is 12.3 Å². The molecule has 0 aliphatic carbocycles. The van der Waals surface area contributed by atoms with Gasteiger partial charge in [-0.25, -0.2) is 0 Å². The van der Waals surface area contributed by atoms with Gasteiger partial charge in [0.2, 0.25) is 0 Å². The molecule has 0 bridgehead atoms. The van der Waals surface area contributed by atoms with Gasteiger partial charge in [0, 0.05) is 37.6 Å². The van der Waals surface area contributed by atoms with Gasteiger partial charge in [-0.1, -0.05) is 24.8 Å². The molecule has 43 heavy (non-hydrogen) atoms. The molecule has 10 heteroatoms. The molecule has 0 atom stereocenters. The highest BCUT2D eigenvalue weighted by atomic mass is 16.6. The zero-order valence-electron chi connectivity index (χ0n) is 25.7. The van der Waals surface area contributed by atoms with E-state index < -0.39 is 5.60 Å². The fourth-order valence-electron chi connectivity index (χ4n) is 4.30. The molecule has 2 aromatic carbocycles. The molecule has 1 amide bonds. The van der Waals surface area contributed by atoms with Crippen molar-refractivity contribution in [2.75, 3.05) is 56.3 Å². The maximum atomic E-state index is 13.1. The van der Waals surface area contributed by atoms with Gasteiger partial charge in [-0.3, -0.25) is 9.78 Å². The summed E-state index contributed by atoms with van der Waals surface area (Å²) in [5, 5.41) is 9.46. The Hall–Kier alpha value is -4.70. The number of fused-ring (bicyclic) bond motifs is 1. The molecule has 10 nitrogen and oxygen atoms in total. The van der Waals surface area contributed by atoms with Crippen LogP contribution in [0.4, 0.5) is 17.1 Å². The number of hydrogen-bond donors (Lipinski definition) is 3. The number of nitrogens with one attached hydrogen (secondary N) is 3. The van der Waals surface area contributed by atoms with E-state index in [0.29, 0.717) is 48.5 Å². The van der Waals surface area contributed by atoms with Crippen LogP contribution < -0.4 is 25.4 Å². The average Bonchev–Trinajstić information content (AvgIpc) is 2.95. The van der Waals surface area contributed by atoms with E-state index >= 15 is 0 Å². The van der Waals surface area contributed by atoms with Crippen LogP contribution in [0.25, 0.3) is 0 Å². The van der Waals surface area contributed by atoms with Gasteiger partial charge < -0.3 is 40.0 Å². The van der Waals surface area contributed by atoms with E-state index in [4.69, 9.17) is 14.2 Å². The second-order valence-electron chi connectivity index (χ2n) is 11.5. The highest BCUT2D eigenvalue weighted by Gasteiger charge is 2.17.